The fourth-order valence-corrected chi connectivity index (χ4v) is 3.12. The second-order valence-corrected chi connectivity index (χ2v) is 6.33. The molecule has 0 radical (unpaired) electrons. The molecule has 1 heterocycles. The number of anilines is 1. The number of hydrogen-bond acceptors (Lipinski definition) is 4. The highest BCUT2D eigenvalue weighted by Gasteiger charge is 2.20. The van der Waals surface area contributed by atoms with Gasteiger partial charge in [-0.15, -0.1) is 0 Å². The number of sulfonamides is 1. The minimum absolute atomic E-state index is 0.0780. The molecule has 1 aliphatic heterocycles. The van der Waals surface area contributed by atoms with Crippen LogP contribution >= 0.6 is 0 Å². The van der Waals surface area contributed by atoms with E-state index in [-0.39, 0.29) is 23.2 Å². The van der Waals surface area contributed by atoms with Crippen LogP contribution in [0.15, 0.2) is 23.1 Å². The van der Waals surface area contributed by atoms with Crippen molar-refractivity contribution in [2.24, 2.45) is 0 Å². The van der Waals surface area contributed by atoms with Gasteiger partial charge in [0.15, 0.2) is 0 Å². The molecular formula is C12H17FN2O3S. The van der Waals surface area contributed by atoms with Gasteiger partial charge < -0.3 is 10.5 Å². The smallest absolute Gasteiger partial charge is 0.240 e. The number of nitrogen functional groups attached to an aromatic ring is 1. The number of rotatable bonds is 4. The summed E-state index contributed by atoms with van der Waals surface area (Å²) in [5.41, 5.74) is 5.52. The molecule has 106 valence electrons. The van der Waals surface area contributed by atoms with Crippen LogP contribution in [0.2, 0.25) is 0 Å². The number of ether oxygens (including phenoxy) is 1. The molecule has 0 saturated carbocycles. The topological polar surface area (TPSA) is 81.4 Å². The highest BCUT2D eigenvalue weighted by atomic mass is 32.2. The molecule has 7 heteroatoms. The Morgan fingerprint density at radius 2 is 2.16 bits per heavy atom. The fraction of sp³-hybridized carbons (Fsp3) is 0.500. The van der Waals surface area contributed by atoms with Gasteiger partial charge in [-0.3, -0.25) is 0 Å². The van der Waals surface area contributed by atoms with Crippen LogP contribution in [0.1, 0.15) is 19.3 Å². The molecule has 3 N–H and O–H groups in total. The molecule has 1 aromatic rings. The number of benzene rings is 1. The van der Waals surface area contributed by atoms with Crippen molar-refractivity contribution in [1.29, 1.82) is 0 Å². The van der Waals surface area contributed by atoms with E-state index < -0.39 is 15.8 Å². The largest absolute Gasteiger partial charge is 0.399 e. The van der Waals surface area contributed by atoms with Crippen LogP contribution in [0.25, 0.3) is 0 Å². The Bertz CT molecular complexity index is 522. The van der Waals surface area contributed by atoms with Gasteiger partial charge in [0.25, 0.3) is 0 Å². The summed E-state index contributed by atoms with van der Waals surface area (Å²) >= 11 is 0. The van der Waals surface area contributed by atoms with Gasteiger partial charge in [-0.25, -0.2) is 17.5 Å². The molecule has 0 aliphatic carbocycles. The van der Waals surface area contributed by atoms with Gasteiger partial charge in [-0.05, 0) is 37.5 Å². The molecule has 0 aromatic heterocycles. The SMILES string of the molecule is Nc1cc(F)cc(S(=O)(=O)NCC2CCCCO2)c1. The molecule has 0 spiro atoms. The first-order valence-electron chi connectivity index (χ1n) is 6.15. The van der Waals surface area contributed by atoms with Crippen molar-refractivity contribution in [3.63, 3.8) is 0 Å². The molecule has 5 nitrogen and oxygen atoms in total. The standard InChI is InChI=1S/C12H17FN2O3S/c13-9-5-10(14)7-12(6-9)19(16,17)15-8-11-3-1-2-4-18-11/h5-7,11,15H,1-4,8,14H2. The molecule has 0 bridgehead atoms. The molecule has 1 fully saturated rings. The quantitative estimate of drug-likeness (QED) is 0.817. The Balaban J connectivity index is 2.04. The lowest BCUT2D eigenvalue weighted by molar-refractivity contribution is 0.0200. The molecule has 1 saturated heterocycles. The van der Waals surface area contributed by atoms with Crippen molar-refractivity contribution in [3.05, 3.63) is 24.0 Å². The number of hydrogen-bond donors (Lipinski definition) is 2. The molecular weight excluding hydrogens is 271 g/mol. The van der Waals surface area contributed by atoms with Gasteiger partial charge in [0, 0.05) is 18.8 Å². The van der Waals surface area contributed by atoms with E-state index in [9.17, 15) is 12.8 Å². The number of nitrogens with one attached hydrogen (secondary N) is 1. The van der Waals surface area contributed by atoms with Crippen LogP contribution in [0.3, 0.4) is 0 Å². The van der Waals surface area contributed by atoms with Gasteiger partial charge in [-0.1, -0.05) is 0 Å². The molecule has 1 unspecified atom stereocenters. The predicted octanol–water partition coefficient (Wildman–Crippen LogP) is 1.26. The Labute approximate surface area is 112 Å². The van der Waals surface area contributed by atoms with E-state index in [1.807, 2.05) is 0 Å². The zero-order chi connectivity index (χ0) is 13.9. The monoisotopic (exact) mass is 288 g/mol. The van der Waals surface area contributed by atoms with Gasteiger partial charge >= 0.3 is 0 Å². The first kappa shape index (κ1) is 14.2. The molecule has 19 heavy (non-hydrogen) atoms. The summed E-state index contributed by atoms with van der Waals surface area (Å²) in [5.74, 6) is -0.672. The third kappa shape index (κ3) is 3.89. The predicted molar refractivity (Wildman–Crippen MR) is 69.6 cm³/mol. The van der Waals surface area contributed by atoms with Gasteiger partial charge in [-0.2, -0.15) is 0 Å². The zero-order valence-electron chi connectivity index (χ0n) is 10.4. The summed E-state index contributed by atoms with van der Waals surface area (Å²) in [6.07, 6.45) is 2.74. The van der Waals surface area contributed by atoms with Crippen molar-refractivity contribution < 1.29 is 17.5 Å². The third-order valence-corrected chi connectivity index (χ3v) is 4.38. The highest BCUT2D eigenvalue weighted by molar-refractivity contribution is 7.89. The second kappa shape index (κ2) is 5.85. The fourth-order valence-electron chi connectivity index (χ4n) is 1.99. The number of halogens is 1. The average molecular weight is 288 g/mol. The number of nitrogens with two attached hydrogens (primary N) is 1. The van der Waals surface area contributed by atoms with Gasteiger partial charge in [0.1, 0.15) is 5.82 Å². The van der Waals surface area contributed by atoms with Gasteiger partial charge in [0.2, 0.25) is 10.0 Å². The van der Waals surface area contributed by atoms with Crippen LogP contribution < -0.4 is 10.5 Å². The molecule has 0 amide bonds. The Hall–Kier alpha value is -1.18. The maximum Gasteiger partial charge on any atom is 0.240 e. The van der Waals surface area contributed by atoms with E-state index in [0.29, 0.717) is 6.61 Å². The minimum Gasteiger partial charge on any atom is -0.399 e. The lowest BCUT2D eigenvalue weighted by atomic mass is 10.1. The maximum absolute atomic E-state index is 13.2. The molecule has 1 aliphatic rings. The van der Waals surface area contributed by atoms with Crippen LogP contribution in [0.4, 0.5) is 10.1 Å². The van der Waals surface area contributed by atoms with E-state index in [0.717, 1.165) is 31.4 Å². The second-order valence-electron chi connectivity index (χ2n) is 4.56. The maximum atomic E-state index is 13.2. The van der Waals surface area contributed by atoms with E-state index in [1.165, 1.54) is 6.07 Å². The van der Waals surface area contributed by atoms with Crippen LogP contribution in [0, 0.1) is 5.82 Å². The van der Waals surface area contributed by atoms with Crippen molar-refractivity contribution >= 4 is 15.7 Å². The van der Waals surface area contributed by atoms with Crippen LogP contribution in [-0.2, 0) is 14.8 Å². The lowest BCUT2D eigenvalue weighted by Gasteiger charge is -2.22. The van der Waals surface area contributed by atoms with E-state index >= 15 is 0 Å². The van der Waals surface area contributed by atoms with Gasteiger partial charge in [0.05, 0.1) is 11.0 Å². The normalized spacial score (nSPS) is 20.4. The minimum atomic E-state index is -3.75. The molecule has 1 aromatic carbocycles. The first-order valence-corrected chi connectivity index (χ1v) is 7.63. The summed E-state index contributed by atoms with van der Waals surface area (Å²) in [6.45, 7) is 0.845. The summed E-state index contributed by atoms with van der Waals surface area (Å²) in [6, 6.07) is 3.25. The molecule has 2 rings (SSSR count). The summed E-state index contributed by atoms with van der Waals surface area (Å²) < 4.78 is 45.0. The lowest BCUT2D eigenvalue weighted by Crippen LogP contribution is -2.35. The van der Waals surface area contributed by atoms with Crippen LogP contribution in [-0.4, -0.2) is 27.7 Å². The third-order valence-electron chi connectivity index (χ3n) is 2.98. The zero-order valence-corrected chi connectivity index (χ0v) is 11.2. The van der Waals surface area contributed by atoms with Crippen LogP contribution in [0.5, 0.6) is 0 Å². The Morgan fingerprint density at radius 1 is 1.37 bits per heavy atom. The molecule has 1 atom stereocenters. The van der Waals surface area contributed by atoms with E-state index in [4.69, 9.17) is 10.5 Å². The van der Waals surface area contributed by atoms with E-state index in [1.54, 1.807) is 0 Å². The average Bonchev–Trinajstić information content (AvgIpc) is 2.37. The Kier molecular flexibility index (Phi) is 4.38. The van der Waals surface area contributed by atoms with Crippen molar-refractivity contribution in [2.45, 2.75) is 30.3 Å². The first-order chi connectivity index (χ1) is 8.97. The Morgan fingerprint density at radius 3 is 2.79 bits per heavy atom. The van der Waals surface area contributed by atoms with Crippen molar-refractivity contribution in [1.82, 2.24) is 4.72 Å². The van der Waals surface area contributed by atoms with Crippen molar-refractivity contribution in [3.8, 4) is 0 Å². The van der Waals surface area contributed by atoms with Crippen molar-refractivity contribution in [2.75, 3.05) is 18.9 Å². The highest BCUT2D eigenvalue weighted by Crippen LogP contribution is 2.17. The summed E-state index contributed by atoms with van der Waals surface area (Å²) in [7, 11) is -3.75. The summed E-state index contributed by atoms with van der Waals surface area (Å²) in [4.78, 5) is -0.166. The van der Waals surface area contributed by atoms with E-state index in [2.05, 4.69) is 4.72 Å². The summed E-state index contributed by atoms with van der Waals surface area (Å²) in [5, 5.41) is 0.